The van der Waals surface area contributed by atoms with Gasteiger partial charge in [0.2, 0.25) is 0 Å². The third-order valence-electron chi connectivity index (χ3n) is 8.08. The van der Waals surface area contributed by atoms with Crippen molar-refractivity contribution in [3.05, 3.63) is 119 Å². The number of hydrogen-bond acceptors (Lipinski definition) is 5. The van der Waals surface area contributed by atoms with Crippen molar-refractivity contribution in [2.24, 2.45) is 0 Å². The molecule has 2 saturated heterocycles. The Morgan fingerprint density at radius 3 is 2.33 bits per heavy atom. The van der Waals surface area contributed by atoms with E-state index in [1.54, 1.807) is 0 Å². The predicted octanol–water partition coefficient (Wildman–Crippen LogP) is 6.91. The Balaban J connectivity index is 1.21. The maximum atomic E-state index is 11.3. The number of carbonyl (C=O) groups is 1. The van der Waals surface area contributed by atoms with Gasteiger partial charge >= 0.3 is 6.09 Å². The Bertz CT molecular complexity index is 1500. The smallest absolute Gasteiger partial charge is 0.407 e. The van der Waals surface area contributed by atoms with Crippen LogP contribution in [0.15, 0.2) is 91.0 Å². The zero-order valence-corrected chi connectivity index (χ0v) is 24.2. The molecular formula is C36H38N2O4. The predicted molar refractivity (Wildman–Crippen MR) is 165 cm³/mol. The standard InChI is InChI=1S/C36H38N2O4/c1-26-19-28(9-10-31(26)22-38-17-5-6-18-38)20-30-13-16-34(40-23-27-7-3-2-4-8-27)21-35(30)29-11-14-33(15-12-29)41-24-32-25-42-36(39)37-32/h2-4,7-16,19,21,32H,5-6,17-18,20,22-25H2,1H3,(H,37,39). The highest BCUT2D eigenvalue weighted by molar-refractivity contribution is 5.71. The number of hydrogen-bond donors (Lipinski definition) is 1. The zero-order valence-electron chi connectivity index (χ0n) is 24.2. The van der Waals surface area contributed by atoms with Gasteiger partial charge in [0.25, 0.3) is 0 Å². The maximum Gasteiger partial charge on any atom is 0.407 e. The minimum absolute atomic E-state index is 0.132. The van der Waals surface area contributed by atoms with E-state index in [4.69, 9.17) is 14.2 Å². The summed E-state index contributed by atoms with van der Waals surface area (Å²) in [5, 5.41) is 2.74. The number of carbonyl (C=O) groups excluding carboxylic acids is 1. The summed E-state index contributed by atoms with van der Waals surface area (Å²) in [5.74, 6) is 1.59. The average molecular weight is 563 g/mol. The lowest BCUT2D eigenvalue weighted by Crippen LogP contribution is -2.32. The van der Waals surface area contributed by atoms with Crippen molar-refractivity contribution in [1.82, 2.24) is 10.2 Å². The van der Waals surface area contributed by atoms with Gasteiger partial charge < -0.3 is 19.5 Å². The molecule has 2 aliphatic heterocycles. The number of likely N-dealkylation sites (tertiary alicyclic amines) is 1. The van der Waals surface area contributed by atoms with E-state index in [2.05, 4.69) is 77.8 Å². The first-order valence-electron chi connectivity index (χ1n) is 14.9. The zero-order chi connectivity index (χ0) is 28.7. The van der Waals surface area contributed by atoms with Gasteiger partial charge in [0.1, 0.15) is 37.4 Å². The van der Waals surface area contributed by atoms with Gasteiger partial charge in [0.15, 0.2) is 0 Å². The quantitative estimate of drug-likeness (QED) is 0.215. The maximum absolute atomic E-state index is 11.3. The van der Waals surface area contributed by atoms with Crippen LogP contribution < -0.4 is 14.8 Å². The molecule has 1 amide bonds. The fourth-order valence-electron chi connectivity index (χ4n) is 5.70. The molecular weight excluding hydrogens is 524 g/mol. The van der Waals surface area contributed by atoms with Crippen LogP contribution in [-0.2, 0) is 24.3 Å². The second-order valence-corrected chi connectivity index (χ2v) is 11.3. The Kier molecular flexibility index (Phi) is 8.71. The van der Waals surface area contributed by atoms with E-state index < -0.39 is 6.09 Å². The number of alkyl carbamates (subject to hydrolysis) is 1. The second-order valence-electron chi connectivity index (χ2n) is 11.3. The first kappa shape index (κ1) is 27.9. The fraction of sp³-hybridized carbons (Fsp3) is 0.306. The summed E-state index contributed by atoms with van der Waals surface area (Å²) in [6.07, 6.45) is 3.06. The highest BCUT2D eigenvalue weighted by atomic mass is 16.6. The van der Waals surface area contributed by atoms with Crippen LogP contribution in [0.4, 0.5) is 4.79 Å². The van der Waals surface area contributed by atoms with Gasteiger partial charge in [-0.25, -0.2) is 4.79 Å². The molecule has 6 rings (SSSR count). The van der Waals surface area contributed by atoms with Gasteiger partial charge in [-0.1, -0.05) is 66.7 Å². The van der Waals surface area contributed by atoms with E-state index in [1.807, 2.05) is 30.3 Å². The molecule has 4 aromatic carbocycles. The van der Waals surface area contributed by atoms with E-state index in [0.717, 1.165) is 41.2 Å². The van der Waals surface area contributed by atoms with E-state index in [1.165, 1.54) is 48.2 Å². The van der Waals surface area contributed by atoms with Crippen LogP contribution in [0.3, 0.4) is 0 Å². The largest absolute Gasteiger partial charge is 0.491 e. The van der Waals surface area contributed by atoms with Crippen molar-refractivity contribution in [3.63, 3.8) is 0 Å². The Morgan fingerprint density at radius 2 is 1.60 bits per heavy atom. The first-order valence-corrected chi connectivity index (χ1v) is 14.9. The highest BCUT2D eigenvalue weighted by Gasteiger charge is 2.22. The number of cyclic esters (lactones) is 1. The average Bonchev–Trinajstić information content (AvgIpc) is 3.69. The van der Waals surface area contributed by atoms with E-state index in [-0.39, 0.29) is 6.04 Å². The van der Waals surface area contributed by atoms with Crippen molar-refractivity contribution < 1.29 is 19.0 Å². The van der Waals surface area contributed by atoms with Gasteiger partial charge in [-0.2, -0.15) is 0 Å². The molecule has 2 fully saturated rings. The SMILES string of the molecule is Cc1cc(Cc2ccc(OCc3ccccc3)cc2-c2ccc(OCC3COC(=O)N3)cc2)ccc1CN1CCCC1. The lowest BCUT2D eigenvalue weighted by molar-refractivity contribution is 0.174. The first-order chi connectivity index (χ1) is 20.6. The molecule has 6 heteroatoms. The van der Waals surface area contributed by atoms with Crippen LogP contribution >= 0.6 is 0 Å². The third-order valence-corrected chi connectivity index (χ3v) is 8.08. The minimum atomic E-state index is -0.391. The summed E-state index contributed by atoms with van der Waals surface area (Å²) in [6.45, 7) is 6.90. The van der Waals surface area contributed by atoms with Crippen LogP contribution in [0.5, 0.6) is 11.5 Å². The number of rotatable bonds is 11. The summed E-state index contributed by atoms with van der Waals surface area (Å²) in [4.78, 5) is 13.8. The molecule has 0 aliphatic carbocycles. The van der Waals surface area contributed by atoms with Crippen LogP contribution in [0.25, 0.3) is 11.1 Å². The van der Waals surface area contributed by atoms with Crippen molar-refractivity contribution in [2.45, 2.75) is 45.4 Å². The third kappa shape index (κ3) is 7.12. The summed E-state index contributed by atoms with van der Waals surface area (Å²) in [7, 11) is 0. The Hall–Kier alpha value is -4.29. The summed E-state index contributed by atoms with van der Waals surface area (Å²) >= 11 is 0. The number of nitrogens with zero attached hydrogens (tertiary/aromatic N) is 1. The second kappa shape index (κ2) is 13.1. The normalized spacial score (nSPS) is 16.7. The summed E-state index contributed by atoms with van der Waals surface area (Å²) < 4.78 is 17.1. The lowest BCUT2D eigenvalue weighted by atomic mass is 9.93. The molecule has 4 aromatic rings. The lowest BCUT2D eigenvalue weighted by Gasteiger charge is -2.18. The number of amides is 1. The van der Waals surface area contributed by atoms with Crippen molar-refractivity contribution in [3.8, 4) is 22.6 Å². The molecule has 216 valence electrons. The van der Waals surface area contributed by atoms with E-state index in [0.29, 0.717) is 19.8 Å². The molecule has 1 atom stereocenters. The molecule has 1 unspecified atom stereocenters. The number of ether oxygens (including phenoxy) is 3. The van der Waals surface area contributed by atoms with Gasteiger partial charge in [0.05, 0.1) is 0 Å². The van der Waals surface area contributed by atoms with Crippen LogP contribution in [0, 0.1) is 6.92 Å². The minimum Gasteiger partial charge on any atom is -0.491 e. The van der Waals surface area contributed by atoms with Crippen molar-refractivity contribution in [2.75, 3.05) is 26.3 Å². The molecule has 0 aromatic heterocycles. The number of nitrogens with one attached hydrogen (secondary N) is 1. The molecule has 42 heavy (non-hydrogen) atoms. The number of aryl methyl sites for hydroxylation is 1. The van der Waals surface area contributed by atoms with Crippen molar-refractivity contribution in [1.29, 1.82) is 0 Å². The molecule has 2 aliphatic rings. The van der Waals surface area contributed by atoms with Gasteiger partial charge in [-0.15, -0.1) is 0 Å². The Labute approximate surface area is 248 Å². The summed E-state index contributed by atoms with van der Waals surface area (Å²) in [5.41, 5.74) is 8.70. The fourth-order valence-corrected chi connectivity index (χ4v) is 5.70. The van der Waals surface area contributed by atoms with Gasteiger partial charge in [0, 0.05) is 6.54 Å². The van der Waals surface area contributed by atoms with Gasteiger partial charge in [-0.05, 0) is 102 Å². The molecule has 0 spiro atoms. The topological polar surface area (TPSA) is 60.0 Å². The molecule has 6 nitrogen and oxygen atoms in total. The highest BCUT2D eigenvalue weighted by Crippen LogP contribution is 2.32. The van der Waals surface area contributed by atoms with Crippen LogP contribution in [0.2, 0.25) is 0 Å². The number of benzene rings is 4. The molecule has 1 N–H and O–H groups in total. The van der Waals surface area contributed by atoms with E-state index >= 15 is 0 Å². The monoisotopic (exact) mass is 562 g/mol. The molecule has 2 heterocycles. The summed E-state index contributed by atoms with van der Waals surface area (Å²) in [6, 6.07) is 31.6. The Morgan fingerprint density at radius 1 is 0.833 bits per heavy atom. The van der Waals surface area contributed by atoms with Crippen LogP contribution in [0.1, 0.15) is 40.7 Å². The van der Waals surface area contributed by atoms with E-state index in [9.17, 15) is 4.79 Å². The van der Waals surface area contributed by atoms with Crippen LogP contribution in [-0.4, -0.2) is 43.3 Å². The van der Waals surface area contributed by atoms with Gasteiger partial charge in [-0.3, -0.25) is 4.90 Å². The molecule has 0 radical (unpaired) electrons. The van der Waals surface area contributed by atoms with Crippen molar-refractivity contribution >= 4 is 6.09 Å². The molecule has 0 saturated carbocycles. The molecule has 0 bridgehead atoms.